The first-order valence-corrected chi connectivity index (χ1v) is 10.1. The number of H-pyrrole nitrogens is 1. The van der Waals surface area contributed by atoms with Crippen molar-refractivity contribution in [1.82, 2.24) is 19.3 Å². The van der Waals surface area contributed by atoms with Crippen molar-refractivity contribution in [3.63, 3.8) is 0 Å². The Labute approximate surface area is 174 Å². The summed E-state index contributed by atoms with van der Waals surface area (Å²) in [4.78, 5) is 21.3. The van der Waals surface area contributed by atoms with Crippen molar-refractivity contribution in [2.75, 3.05) is 31.6 Å². The summed E-state index contributed by atoms with van der Waals surface area (Å²) in [5.41, 5.74) is 5.66. The van der Waals surface area contributed by atoms with Crippen LogP contribution in [0.3, 0.4) is 0 Å². The van der Waals surface area contributed by atoms with E-state index < -0.39 is 0 Å². The maximum atomic E-state index is 11.7. The van der Waals surface area contributed by atoms with Gasteiger partial charge in [0, 0.05) is 55.5 Å². The molecule has 0 unspecified atom stereocenters. The maximum absolute atomic E-state index is 11.7. The highest BCUT2D eigenvalue weighted by Crippen LogP contribution is 2.27. The average molecular weight is 401 g/mol. The zero-order chi connectivity index (χ0) is 20.3. The van der Waals surface area contributed by atoms with Gasteiger partial charge in [-0.3, -0.25) is 14.1 Å². The quantitative estimate of drug-likeness (QED) is 0.537. The van der Waals surface area contributed by atoms with Crippen molar-refractivity contribution >= 4 is 17.0 Å². The van der Waals surface area contributed by atoms with Crippen LogP contribution in [0.15, 0.2) is 71.9 Å². The summed E-state index contributed by atoms with van der Waals surface area (Å²) in [7, 11) is 0. The van der Waals surface area contributed by atoms with E-state index in [9.17, 15) is 4.79 Å². The van der Waals surface area contributed by atoms with Gasteiger partial charge in [0.1, 0.15) is 0 Å². The van der Waals surface area contributed by atoms with E-state index in [1.54, 1.807) is 18.5 Å². The van der Waals surface area contributed by atoms with Gasteiger partial charge in [0.05, 0.1) is 24.6 Å². The first kappa shape index (κ1) is 18.6. The Morgan fingerprint density at radius 2 is 1.90 bits per heavy atom. The van der Waals surface area contributed by atoms with Crippen molar-refractivity contribution in [3.05, 3.63) is 83.0 Å². The Bertz CT molecular complexity index is 1210. The summed E-state index contributed by atoms with van der Waals surface area (Å²) in [6.07, 6.45) is 5.33. The molecule has 4 heterocycles. The van der Waals surface area contributed by atoms with Gasteiger partial charge in [0.15, 0.2) is 5.65 Å². The lowest BCUT2D eigenvalue weighted by Crippen LogP contribution is -2.35. The van der Waals surface area contributed by atoms with Crippen molar-refractivity contribution in [2.45, 2.75) is 6.54 Å². The molecule has 1 aliphatic heterocycles. The van der Waals surface area contributed by atoms with Crippen molar-refractivity contribution < 1.29 is 4.74 Å². The third-order valence-electron chi connectivity index (χ3n) is 5.36. The maximum Gasteiger partial charge on any atom is 0.248 e. The molecule has 0 atom stereocenters. The van der Waals surface area contributed by atoms with Gasteiger partial charge in [0.2, 0.25) is 5.56 Å². The van der Waals surface area contributed by atoms with Crippen LogP contribution in [-0.4, -0.2) is 45.6 Å². The molecule has 2 N–H and O–H groups in total. The highest BCUT2D eigenvalue weighted by Gasteiger charge is 2.12. The molecule has 0 amide bonds. The number of pyridine rings is 2. The van der Waals surface area contributed by atoms with E-state index in [2.05, 4.69) is 44.5 Å². The van der Waals surface area contributed by atoms with E-state index in [1.165, 1.54) is 5.56 Å². The van der Waals surface area contributed by atoms with Crippen LogP contribution in [0.5, 0.6) is 0 Å². The van der Waals surface area contributed by atoms with E-state index in [4.69, 9.17) is 4.74 Å². The fraction of sp³-hybridized carbons (Fsp3) is 0.217. The molecule has 0 radical (unpaired) electrons. The molecule has 152 valence electrons. The number of hydrogen-bond donors (Lipinski definition) is 2. The third kappa shape index (κ3) is 3.85. The van der Waals surface area contributed by atoms with Crippen molar-refractivity contribution in [2.24, 2.45) is 0 Å². The van der Waals surface area contributed by atoms with Crippen LogP contribution in [0, 0.1) is 0 Å². The first-order valence-electron chi connectivity index (χ1n) is 10.1. The number of benzene rings is 1. The Morgan fingerprint density at radius 1 is 1.07 bits per heavy atom. The van der Waals surface area contributed by atoms with Crippen LogP contribution in [0.2, 0.25) is 0 Å². The number of imidazole rings is 1. The Balaban J connectivity index is 1.37. The van der Waals surface area contributed by atoms with Crippen LogP contribution in [-0.2, 0) is 11.3 Å². The summed E-state index contributed by atoms with van der Waals surface area (Å²) in [5.74, 6) is 0. The minimum atomic E-state index is -0.125. The Kier molecular flexibility index (Phi) is 5.04. The molecule has 4 aromatic rings. The summed E-state index contributed by atoms with van der Waals surface area (Å²) in [6, 6.07) is 16.0. The second-order valence-electron chi connectivity index (χ2n) is 7.41. The predicted molar refractivity (Wildman–Crippen MR) is 117 cm³/mol. The van der Waals surface area contributed by atoms with Gasteiger partial charge in [-0.05, 0) is 35.9 Å². The summed E-state index contributed by atoms with van der Waals surface area (Å²) >= 11 is 0. The number of anilines is 2. The number of hydrogen-bond acceptors (Lipinski definition) is 5. The molecule has 1 fully saturated rings. The van der Waals surface area contributed by atoms with Gasteiger partial charge < -0.3 is 15.0 Å². The predicted octanol–water partition coefficient (Wildman–Crippen LogP) is 3.27. The number of aromatic nitrogens is 3. The second kappa shape index (κ2) is 8.14. The zero-order valence-electron chi connectivity index (χ0n) is 16.5. The van der Waals surface area contributed by atoms with Gasteiger partial charge in [-0.2, -0.15) is 0 Å². The number of aromatic amines is 1. The van der Waals surface area contributed by atoms with E-state index >= 15 is 0 Å². The van der Waals surface area contributed by atoms with Gasteiger partial charge in [-0.1, -0.05) is 12.1 Å². The molecule has 7 heteroatoms. The third-order valence-corrected chi connectivity index (χ3v) is 5.36. The standard InChI is InChI=1S/C23H23N5O2/c29-22-15-18(7-8-24-22)21-6-5-20(23-25-9-10-28(21)23)26-19-3-1-17(2-4-19)16-27-11-13-30-14-12-27/h1-10,15,26H,11-14,16H2,(H,24,29). The van der Waals surface area contributed by atoms with Crippen molar-refractivity contribution in [1.29, 1.82) is 0 Å². The highest BCUT2D eigenvalue weighted by atomic mass is 16.5. The molecule has 1 saturated heterocycles. The second-order valence-corrected chi connectivity index (χ2v) is 7.41. The fourth-order valence-electron chi connectivity index (χ4n) is 3.82. The first-order chi connectivity index (χ1) is 14.8. The molecular weight excluding hydrogens is 378 g/mol. The lowest BCUT2D eigenvalue weighted by molar-refractivity contribution is 0.0342. The Morgan fingerprint density at radius 3 is 2.70 bits per heavy atom. The monoisotopic (exact) mass is 401 g/mol. The van der Waals surface area contributed by atoms with Gasteiger partial charge in [-0.15, -0.1) is 0 Å². The molecule has 1 aliphatic rings. The number of nitrogens with one attached hydrogen (secondary N) is 2. The summed E-state index contributed by atoms with van der Waals surface area (Å²) in [6.45, 7) is 4.54. The molecule has 0 aliphatic carbocycles. The average Bonchev–Trinajstić information content (AvgIpc) is 3.26. The fourth-order valence-corrected chi connectivity index (χ4v) is 3.82. The molecule has 0 spiro atoms. The number of ether oxygens (including phenoxy) is 1. The van der Waals surface area contributed by atoms with E-state index in [1.807, 2.05) is 28.8 Å². The minimum Gasteiger partial charge on any atom is -0.379 e. The molecule has 0 bridgehead atoms. The SMILES string of the molecule is O=c1cc(-c2ccc(Nc3ccc(CN4CCOCC4)cc3)c3nccn23)cc[nH]1. The molecular formula is C23H23N5O2. The number of fused-ring (bicyclic) bond motifs is 1. The normalized spacial score (nSPS) is 14.8. The molecule has 1 aromatic carbocycles. The number of rotatable bonds is 5. The topological polar surface area (TPSA) is 74.7 Å². The smallest absolute Gasteiger partial charge is 0.248 e. The number of morpholine rings is 1. The molecule has 0 saturated carbocycles. The van der Waals surface area contributed by atoms with Gasteiger partial charge >= 0.3 is 0 Å². The summed E-state index contributed by atoms with van der Waals surface area (Å²) < 4.78 is 7.41. The Hall–Kier alpha value is -3.42. The highest BCUT2D eigenvalue weighted by molar-refractivity contribution is 5.78. The molecule has 5 rings (SSSR count). The molecule has 7 nitrogen and oxygen atoms in total. The van der Waals surface area contributed by atoms with E-state index in [0.717, 1.165) is 61.1 Å². The lowest BCUT2D eigenvalue weighted by Gasteiger charge is -2.26. The van der Waals surface area contributed by atoms with Crippen LogP contribution >= 0.6 is 0 Å². The van der Waals surface area contributed by atoms with Crippen LogP contribution in [0.25, 0.3) is 16.9 Å². The zero-order valence-corrected chi connectivity index (χ0v) is 16.5. The summed E-state index contributed by atoms with van der Waals surface area (Å²) in [5, 5.41) is 3.47. The van der Waals surface area contributed by atoms with Crippen molar-refractivity contribution in [3.8, 4) is 11.3 Å². The van der Waals surface area contributed by atoms with Gasteiger partial charge in [0.25, 0.3) is 0 Å². The molecule has 30 heavy (non-hydrogen) atoms. The largest absolute Gasteiger partial charge is 0.379 e. The van der Waals surface area contributed by atoms with Crippen LogP contribution in [0.4, 0.5) is 11.4 Å². The van der Waals surface area contributed by atoms with Crippen LogP contribution < -0.4 is 10.9 Å². The van der Waals surface area contributed by atoms with E-state index in [0.29, 0.717) is 0 Å². The number of nitrogens with zero attached hydrogens (tertiary/aromatic N) is 3. The van der Waals surface area contributed by atoms with Crippen LogP contribution in [0.1, 0.15) is 5.56 Å². The van der Waals surface area contributed by atoms with E-state index in [-0.39, 0.29) is 5.56 Å². The molecule has 3 aromatic heterocycles. The van der Waals surface area contributed by atoms with Gasteiger partial charge in [-0.25, -0.2) is 4.98 Å². The lowest BCUT2D eigenvalue weighted by atomic mass is 10.1. The minimum absolute atomic E-state index is 0.125.